The lowest BCUT2D eigenvalue weighted by Crippen LogP contribution is -2.29. The highest BCUT2D eigenvalue weighted by molar-refractivity contribution is 5.89. The molecule has 1 rings (SSSR count). The second kappa shape index (κ2) is 5.66. The highest BCUT2D eigenvalue weighted by Gasteiger charge is 2.04. The molecular formula is C11H11FN2O. The van der Waals surface area contributed by atoms with Gasteiger partial charge < -0.3 is 10.6 Å². The average molecular weight is 206 g/mol. The Morgan fingerprint density at radius 3 is 2.87 bits per heavy atom. The van der Waals surface area contributed by atoms with E-state index in [-0.39, 0.29) is 5.69 Å². The van der Waals surface area contributed by atoms with Gasteiger partial charge in [0.15, 0.2) is 0 Å². The maximum atomic E-state index is 13.1. The van der Waals surface area contributed by atoms with Crippen molar-refractivity contribution in [3.63, 3.8) is 0 Å². The highest BCUT2D eigenvalue weighted by Crippen LogP contribution is 2.11. The fourth-order valence-corrected chi connectivity index (χ4v) is 0.977. The third kappa shape index (κ3) is 3.69. The summed E-state index contributed by atoms with van der Waals surface area (Å²) in [6.45, 7) is 0.372. The summed E-state index contributed by atoms with van der Waals surface area (Å²) >= 11 is 0. The zero-order chi connectivity index (χ0) is 11.1. The van der Waals surface area contributed by atoms with E-state index in [2.05, 4.69) is 16.6 Å². The SMILES string of the molecule is C#CCCNC(=O)Nc1ccccc1F. The molecule has 0 saturated carbocycles. The lowest BCUT2D eigenvalue weighted by Gasteiger charge is -2.06. The van der Waals surface area contributed by atoms with E-state index in [4.69, 9.17) is 6.42 Å². The van der Waals surface area contributed by atoms with E-state index in [1.165, 1.54) is 12.1 Å². The number of carbonyl (C=O) groups is 1. The Kier molecular flexibility index (Phi) is 4.17. The third-order valence-electron chi connectivity index (χ3n) is 1.68. The van der Waals surface area contributed by atoms with Gasteiger partial charge in [0, 0.05) is 13.0 Å². The number of para-hydroxylation sites is 1. The summed E-state index contributed by atoms with van der Waals surface area (Å²) in [5.74, 6) is 1.91. The lowest BCUT2D eigenvalue weighted by molar-refractivity contribution is 0.252. The van der Waals surface area contributed by atoms with Gasteiger partial charge in [-0.3, -0.25) is 0 Å². The van der Waals surface area contributed by atoms with E-state index < -0.39 is 11.8 Å². The lowest BCUT2D eigenvalue weighted by atomic mass is 10.3. The van der Waals surface area contributed by atoms with Gasteiger partial charge in [-0.2, -0.15) is 0 Å². The third-order valence-corrected chi connectivity index (χ3v) is 1.68. The quantitative estimate of drug-likeness (QED) is 0.576. The molecule has 0 bridgehead atoms. The van der Waals surface area contributed by atoms with Crippen LogP contribution in [0.5, 0.6) is 0 Å². The molecule has 0 aliphatic heterocycles. The first-order valence-corrected chi connectivity index (χ1v) is 4.47. The monoisotopic (exact) mass is 206 g/mol. The smallest absolute Gasteiger partial charge is 0.319 e. The van der Waals surface area contributed by atoms with Crippen molar-refractivity contribution >= 4 is 11.7 Å². The summed E-state index contributed by atoms with van der Waals surface area (Å²) < 4.78 is 13.1. The zero-order valence-corrected chi connectivity index (χ0v) is 8.09. The minimum Gasteiger partial charge on any atom is -0.337 e. The van der Waals surface area contributed by atoms with E-state index in [9.17, 15) is 9.18 Å². The number of rotatable bonds is 3. The molecule has 0 aromatic heterocycles. The predicted octanol–water partition coefficient (Wildman–Crippen LogP) is 1.97. The number of carbonyl (C=O) groups excluding carboxylic acids is 1. The molecule has 0 saturated heterocycles. The van der Waals surface area contributed by atoms with Crippen molar-refractivity contribution in [3.05, 3.63) is 30.1 Å². The fourth-order valence-electron chi connectivity index (χ4n) is 0.977. The Labute approximate surface area is 87.7 Å². The average Bonchev–Trinajstić information content (AvgIpc) is 2.22. The maximum Gasteiger partial charge on any atom is 0.319 e. The largest absolute Gasteiger partial charge is 0.337 e. The topological polar surface area (TPSA) is 41.1 Å². The number of terminal acetylenes is 1. The summed E-state index contributed by atoms with van der Waals surface area (Å²) in [6, 6.07) is 5.49. The van der Waals surface area contributed by atoms with Crippen molar-refractivity contribution in [3.8, 4) is 12.3 Å². The van der Waals surface area contributed by atoms with Crippen molar-refractivity contribution in [2.75, 3.05) is 11.9 Å². The summed E-state index contributed by atoms with van der Waals surface area (Å²) in [5.41, 5.74) is 0.149. The van der Waals surface area contributed by atoms with Crippen LogP contribution in [0, 0.1) is 18.2 Å². The van der Waals surface area contributed by atoms with E-state index in [0.29, 0.717) is 13.0 Å². The Morgan fingerprint density at radius 1 is 1.47 bits per heavy atom. The van der Waals surface area contributed by atoms with Crippen molar-refractivity contribution in [1.82, 2.24) is 5.32 Å². The van der Waals surface area contributed by atoms with Gasteiger partial charge in [-0.25, -0.2) is 9.18 Å². The van der Waals surface area contributed by atoms with E-state index in [0.717, 1.165) is 0 Å². The predicted molar refractivity (Wildman–Crippen MR) is 56.9 cm³/mol. The van der Waals surface area contributed by atoms with Gasteiger partial charge in [0.1, 0.15) is 5.82 Å². The molecule has 0 heterocycles. The molecule has 0 radical (unpaired) electrons. The van der Waals surface area contributed by atoms with Crippen LogP contribution in [0.1, 0.15) is 6.42 Å². The first-order chi connectivity index (χ1) is 7.24. The maximum absolute atomic E-state index is 13.1. The Balaban J connectivity index is 2.45. The van der Waals surface area contributed by atoms with Gasteiger partial charge in [-0.05, 0) is 12.1 Å². The number of nitrogens with one attached hydrogen (secondary N) is 2. The Bertz CT molecular complexity index is 384. The van der Waals surface area contributed by atoms with Crippen molar-refractivity contribution in [2.24, 2.45) is 0 Å². The van der Waals surface area contributed by atoms with E-state index in [1.807, 2.05) is 0 Å². The van der Waals surface area contributed by atoms with Crippen LogP contribution in [0.4, 0.5) is 14.9 Å². The molecule has 0 fully saturated rings. The van der Waals surface area contributed by atoms with Crippen LogP contribution in [-0.4, -0.2) is 12.6 Å². The molecule has 0 atom stereocenters. The van der Waals surface area contributed by atoms with Crippen LogP contribution in [0.25, 0.3) is 0 Å². The Hall–Kier alpha value is -2.02. The van der Waals surface area contributed by atoms with E-state index in [1.54, 1.807) is 12.1 Å². The van der Waals surface area contributed by atoms with Crippen molar-refractivity contribution in [1.29, 1.82) is 0 Å². The molecule has 15 heavy (non-hydrogen) atoms. The van der Waals surface area contributed by atoms with Crippen molar-refractivity contribution in [2.45, 2.75) is 6.42 Å². The molecule has 0 spiro atoms. The molecule has 78 valence electrons. The van der Waals surface area contributed by atoms with Crippen LogP contribution < -0.4 is 10.6 Å². The summed E-state index contributed by atoms with van der Waals surface area (Å²) in [7, 11) is 0. The molecule has 2 amide bonds. The molecule has 3 nitrogen and oxygen atoms in total. The van der Waals surface area contributed by atoms with Gasteiger partial charge in [0.05, 0.1) is 5.69 Å². The molecule has 2 N–H and O–H groups in total. The minimum absolute atomic E-state index is 0.149. The summed E-state index contributed by atoms with van der Waals surface area (Å²) in [6.07, 6.45) is 5.46. The second-order valence-electron chi connectivity index (χ2n) is 2.81. The van der Waals surface area contributed by atoms with Crippen LogP contribution in [-0.2, 0) is 0 Å². The number of amides is 2. The van der Waals surface area contributed by atoms with Crippen LogP contribution >= 0.6 is 0 Å². The summed E-state index contributed by atoms with van der Waals surface area (Å²) in [5, 5.41) is 4.88. The Morgan fingerprint density at radius 2 is 2.20 bits per heavy atom. The molecule has 0 aliphatic rings. The summed E-state index contributed by atoms with van der Waals surface area (Å²) in [4.78, 5) is 11.2. The molecule has 0 aliphatic carbocycles. The second-order valence-corrected chi connectivity index (χ2v) is 2.81. The van der Waals surface area contributed by atoms with Gasteiger partial charge >= 0.3 is 6.03 Å². The van der Waals surface area contributed by atoms with Gasteiger partial charge in [0.25, 0.3) is 0 Å². The van der Waals surface area contributed by atoms with Gasteiger partial charge in [-0.1, -0.05) is 12.1 Å². The van der Waals surface area contributed by atoms with Crippen molar-refractivity contribution < 1.29 is 9.18 Å². The first-order valence-electron chi connectivity index (χ1n) is 4.47. The van der Waals surface area contributed by atoms with Crippen LogP contribution in [0.15, 0.2) is 24.3 Å². The molecule has 1 aromatic carbocycles. The highest BCUT2D eigenvalue weighted by atomic mass is 19.1. The van der Waals surface area contributed by atoms with Crippen LogP contribution in [0.3, 0.4) is 0 Å². The molecule has 0 unspecified atom stereocenters. The first kappa shape index (κ1) is 11.1. The number of anilines is 1. The van der Waals surface area contributed by atoms with E-state index >= 15 is 0 Å². The number of benzene rings is 1. The molecule has 4 heteroatoms. The number of urea groups is 1. The number of hydrogen-bond acceptors (Lipinski definition) is 1. The van der Waals surface area contributed by atoms with Crippen LogP contribution in [0.2, 0.25) is 0 Å². The minimum atomic E-state index is -0.468. The normalized spacial score (nSPS) is 9.07. The number of hydrogen-bond donors (Lipinski definition) is 2. The number of halogens is 1. The van der Waals surface area contributed by atoms with Gasteiger partial charge in [-0.15, -0.1) is 12.3 Å². The molecular weight excluding hydrogens is 195 g/mol. The zero-order valence-electron chi connectivity index (χ0n) is 8.09. The standard InChI is InChI=1S/C11H11FN2O/c1-2-3-8-13-11(15)14-10-7-5-4-6-9(10)12/h1,4-7H,3,8H2,(H2,13,14,15). The fraction of sp³-hybridized carbons (Fsp3) is 0.182. The molecule has 1 aromatic rings. The van der Waals surface area contributed by atoms with Gasteiger partial charge in [0.2, 0.25) is 0 Å².